The topological polar surface area (TPSA) is 66.0 Å². The van der Waals surface area contributed by atoms with Crippen molar-refractivity contribution in [2.75, 3.05) is 0 Å². The summed E-state index contributed by atoms with van der Waals surface area (Å²) in [6.45, 7) is -0.0690. The summed E-state index contributed by atoms with van der Waals surface area (Å²) in [5, 5.41) is 8.98. The number of H-pyrrole nitrogens is 1. The summed E-state index contributed by atoms with van der Waals surface area (Å²) < 4.78 is 0. The van der Waals surface area contributed by atoms with E-state index >= 15 is 0 Å². The minimum Gasteiger partial charge on any atom is -0.392 e. The number of carbonyl (C=O) groups is 1. The lowest BCUT2D eigenvalue weighted by Crippen LogP contribution is -1.89. The van der Waals surface area contributed by atoms with Crippen molar-refractivity contribution in [3.05, 3.63) is 29.6 Å². The smallest absolute Gasteiger partial charge is 0.152 e. The van der Waals surface area contributed by atoms with Crippen LogP contribution >= 0.6 is 0 Å². The Morgan fingerprint density at radius 1 is 1.54 bits per heavy atom. The second-order valence-electron chi connectivity index (χ2n) is 2.72. The monoisotopic (exact) mass is 176 g/mol. The number of hydrogen-bond acceptors (Lipinski definition) is 3. The molecule has 1 aromatic carbocycles. The fourth-order valence-electron chi connectivity index (χ4n) is 1.34. The van der Waals surface area contributed by atoms with Crippen molar-refractivity contribution in [1.29, 1.82) is 0 Å². The summed E-state index contributed by atoms with van der Waals surface area (Å²) in [6, 6.07) is 3.37. The summed E-state index contributed by atoms with van der Waals surface area (Å²) in [4.78, 5) is 17.5. The first kappa shape index (κ1) is 7.94. The zero-order valence-electron chi connectivity index (χ0n) is 6.82. The number of aliphatic hydroxyl groups is 1. The molecule has 4 nitrogen and oxygen atoms in total. The van der Waals surface area contributed by atoms with Crippen LogP contribution in [0.1, 0.15) is 15.9 Å². The van der Waals surface area contributed by atoms with E-state index in [0.29, 0.717) is 16.6 Å². The first-order valence-corrected chi connectivity index (χ1v) is 3.88. The highest BCUT2D eigenvalue weighted by atomic mass is 16.3. The zero-order chi connectivity index (χ0) is 9.26. The summed E-state index contributed by atoms with van der Waals surface area (Å²) in [5.41, 5.74) is 2.63. The third-order valence-corrected chi connectivity index (χ3v) is 1.99. The number of aldehydes is 1. The van der Waals surface area contributed by atoms with E-state index in [1.807, 2.05) is 0 Å². The molecule has 0 radical (unpaired) electrons. The van der Waals surface area contributed by atoms with Crippen LogP contribution in [0.3, 0.4) is 0 Å². The normalized spacial score (nSPS) is 10.5. The Kier molecular flexibility index (Phi) is 1.83. The van der Waals surface area contributed by atoms with Crippen LogP contribution in [0.4, 0.5) is 0 Å². The summed E-state index contributed by atoms with van der Waals surface area (Å²) in [6.07, 6.45) is 2.28. The molecule has 2 rings (SSSR count). The van der Waals surface area contributed by atoms with Crippen molar-refractivity contribution < 1.29 is 9.90 Å². The molecule has 1 aromatic heterocycles. The summed E-state index contributed by atoms with van der Waals surface area (Å²) in [7, 11) is 0. The molecule has 1 heterocycles. The third kappa shape index (κ3) is 1.11. The van der Waals surface area contributed by atoms with Crippen LogP contribution in [0.25, 0.3) is 11.0 Å². The van der Waals surface area contributed by atoms with Crippen molar-refractivity contribution in [3.8, 4) is 0 Å². The highest BCUT2D eigenvalue weighted by Crippen LogP contribution is 2.17. The van der Waals surface area contributed by atoms with Crippen LogP contribution in [-0.4, -0.2) is 21.4 Å². The first-order chi connectivity index (χ1) is 6.36. The van der Waals surface area contributed by atoms with Crippen LogP contribution in [-0.2, 0) is 6.61 Å². The van der Waals surface area contributed by atoms with Gasteiger partial charge in [-0.3, -0.25) is 4.79 Å². The Morgan fingerprint density at radius 2 is 2.38 bits per heavy atom. The number of hydrogen-bond donors (Lipinski definition) is 2. The lowest BCUT2D eigenvalue weighted by molar-refractivity contribution is 0.112. The van der Waals surface area contributed by atoms with Gasteiger partial charge in [-0.05, 0) is 6.07 Å². The lowest BCUT2D eigenvalue weighted by atomic mass is 10.1. The molecule has 0 aliphatic rings. The van der Waals surface area contributed by atoms with Gasteiger partial charge < -0.3 is 10.1 Å². The maximum absolute atomic E-state index is 10.6. The van der Waals surface area contributed by atoms with Crippen molar-refractivity contribution in [3.63, 3.8) is 0 Å². The Morgan fingerprint density at radius 3 is 3.08 bits per heavy atom. The van der Waals surface area contributed by atoms with Gasteiger partial charge in [-0.25, -0.2) is 4.98 Å². The lowest BCUT2D eigenvalue weighted by Gasteiger charge is -1.98. The van der Waals surface area contributed by atoms with Crippen molar-refractivity contribution in [1.82, 2.24) is 9.97 Å². The molecule has 0 amide bonds. The molecule has 13 heavy (non-hydrogen) atoms. The van der Waals surface area contributed by atoms with Crippen LogP contribution in [0.15, 0.2) is 18.5 Å². The number of rotatable bonds is 2. The molecule has 2 N–H and O–H groups in total. The van der Waals surface area contributed by atoms with E-state index in [0.717, 1.165) is 11.8 Å². The van der Waals surface area contributed by atoms with Crippen LogP contribution < -0.4 is 0 Å². The van der Waals surface area contributed by atoms with E-state index in [9.17, 15) is 4.79 Å². The highest BCUT2D eigenvalue weighted by molar-refractivity contribution is 5.95. The van der Waals surface area contributed by atoms with Crippen LogP contribution in [0.2, 0.25) is 0 Å². The van der Waals surface area contributed by atoms with Gasteiger partial charge in [0, 0.05) is 11.1 Å². The van der Waals surface area contributed by atoms with Gasteiger partial charge in [0.25, 0.3) is 0 Å². The minimum atomic E-state index is -0.0690. The largest absolute Gasteiger partial charge is 0.392 e. The number of nitrogens with one attached hydrogen (secondary N) is 1. The SMILES string of the molecule is O=Cc1ccc(CO)c2nc[nH]c12. The highest BCUT2D eigenvalue weighted by Gasteiger charge is 2.06. The number of imidazole rings is 1. The Labute approximate surface area is 74.2 Å². The maximum Gasteiger partial charge on any atom is 0.152 e. The van der Waals surface area contributed by atoms with Crippen molar-refractivity contribution in [2.24, 2.45) is 0 Å². The molecule has 0 saturated carbocycles. The Balaban J connectivity index is 2.81. The van der Waals surface area contributed by atoms with Gasteiger partial charge in [0.1, 0.15) is 0 Å². The summed E-state index contributed by atoms with van der Waals surface area (Å²) in [5.74, 6) is 0. The van der Waals surface area contributed by atoms with Crippen molar-refractivity contribution in [2.45, 2.75) is 6.61 Å². The molecule has 0 saturated heterocycles. The minimum absolute atomic E-state index is 0.0690. The number of aromatic nitrogens is 2. The van der Waals surface area contributed by atoms with Gasteiger partial charge in [0.15, 0.2) is 6.29 Å². The second-order valence-corrected chi connectivity index (χ2v) is 2.72. The van der Waals surface area contributed by atoms with E-state index < -0.39 is 0 Å². The molecule has 0 spiro atoms. The van der Waals surface area contributed by atoms with Gasteiger partial charge in [0.2, 0.25) is 0 Å². The first-order valence-electron chi connectivity index (χ1n) is 3.88. The average molecular weight is 176 g/mol. The third-order valence-electron chi connectivity index (χ3n) is 1.99. The second kappa shape index (κ2) is 2.99. The Bertz CT molecular complexity index is 448. The van der Waals surface area contributed by atoms with Gasteiger partial charge in [-0.15, -0.1) is 0 Å². The average Bonchev–Trinajstić information content (AvgIpc) is 2.64. The van der Waals surface area contributed by atoms with E-state index in [2.05, 4.69) is 9.97 Å². The zero-order valence-corrected chi connectivity index (χ0v) is 6.82. The van der Waals surface area contributed by atoms with E-state index in [-0.39, 0.29) is 6.61 Å². The van der Waals surface area contributed by atoms with E-state index in [4.69, 9.17) is 5.11 Å². The number of aliphatic hydroxyl groups excluding tert-OH is 1. The number of aromatic amines is 1. The summed E-state index contributed by atoms with van der Waals surface area (Å²) >= 11 is 0. The van der Waals surface area contributed by atoms with E-state index in [1.54, 1.807) is 12.1 Å². The molecule has 0 fully saturated rings. The quantitative estimate of drug-likeness (QED) is 0.667. The van der Waals surface area contributed by atoms with Crippen molar-refractivity contribution >= 4 is 17.3 Å². The Hall–Kier alpha value is -1.68. The molecule has 0 atom stereocenters. The van der Waals surface area contributed by atoms with Crippen LogP contribution in [0.5, 0.6) is 0 Å². The van der Waals surface area contributed by atoms with Crippen LogP contribution in [0, 0.1) is 0 Å². The molecule has 0 unspecified atom stereocenters. The number of benzene rings is 1. The molecular formula is C9H8N2O2. The molecule has 0 aliphatic heterocycles. The molecule has 0 bridgehead atoms. The fourth-order valence-corrected chi connectivity index (χ4v) is 1.34. The van der Waals surface area contributed by atoms with Gasteiger partial charge >= 0.3 is 0 Å². The predicted molar refractivity (Wildman–Crippen MR) is 47.4 cm³/mol. The van der Waals surface area contributed by atoms with Gasteiger partial charge in [-0.2, -0.15) is 0 Å². The maximum atomic E-state index is 10.6. The molecule has 0 aliphatic carbocycles. The molecule has 66 valence electrons. The molecule has 4 heteroatoms. The molecular weight excluding hydrogens is 168 g/mol. The number of fused-ring (bicyclic) bond motifs is 1. The predicted octanol–water partition coefficient (Wildman–Crippen LogP) is 0.868. The standard InChI is InChI=1S/C9H8N2O2/c12-3-6-1-2-7(4-13)9-8(6)10-5-11-9/h1-3,5,13H,4H2,(H,10,11). The fraction of sp³-hybridized carbons (Fsp3) is 0.111. The number of nitrogens with zero attached hydrogens (tertiary/aromatic N) is 1. The van der Waals surface area contributed by atoms with E-state index in [1.165, 1.54) is 6.33 Å². The van der Waals surface area contributed by atoms with Gasteiger partial charge in [0.05, 0.1) is 24.0 Å². The van der Waals surface area contributed by atoms with Gasteiger partial charge in [-0.1, -0.05) is 6.07 Å². The number of carbonyl (C=O) groups excluding carboxylic acids is 1. The molecule has 2 aromatic rings.